The number of anilines is 3. The van der Waals surface area contributed by atoms with E-state index in [1.807, 2.05) is 78.9 Å². The number of hydrogen-bond acceptors (Lipinski definition) is 4. The van der Waals surface area contributed by atoms with Crippen LogP contribution in [0.1, 0.15) is 40.9 Å². The molecule has 0 fully saturated rings. The van der Waals surface area contributed by atoms with Gasteiger partial charge in [0, 0.05) is 41.8 Å². The van der Waals surface area contributed by atoms with E-state index in [0.29, 0.717) is 28.1 Å². The second-order valence-electron chi connectivity index (χ2n) is 9.81. The minimum absolute atomic E-state index is 0.147. The Morgan fingerprint density at radius 3 is 2.10 bits per heavy atom. The molecule has 0 atom stereocenters. The highest BCUT2D eigenvalue weighted by Crippen LogP contribution is 2.38. The zero-order valence-electron chi connectivity index (χ0n) is 23.1. The molecule has 1 heterocycles. The van der Waals surface area contributed by atoms with Crippen LogP contribution in [0, 0.1) is 0 Å². The Hall–Kier alpha value is -4.68. The molecule has 1 aliphatic heterocycles. The molecule has 5 rings (SSSR count). The van der Waals surface area contributed by atoms with Crippen molar-refractivity contribution in [2.24, 2.45) is 0 Å². The van der Waals surface area contributed by atoms with Gasteiger partial charge in [0.15, 0.2) is 0 Å². The molecule has 6 nitrogen and oxygen atoms in total. The molecule has 4 aromatic rings. The fourth-order valence-electron chi connectivity index (χ4n) is 4.94. The van der Waals surface area contributed by atoms with Crippen molar-refractivity contribution >= 4 is 40.1 Å². The smallest absolute Gasteiger partial charge is 0.258 e. The summed E-state index contributed by atoms with van der Waals surface area (Å²) in [4.78, 5) is 30.8. The van der Waals surface area contributed by atoms with Crippen molar-refractivity contribution in [3.05, 3.63) is 125 Å². The maximum atomic E-state index is 13.4. The monoisotopic (exact) mass is 530 g/mol. The van der Waals surface area contributed by atoms with Gasteiger partial charge in [-0.1, -0.05) is 74.5 Å². The van der Waals surface area contributed by atoms with Gasteiger partial charge in [-0.25, -0.2) is 0 Å². The molecular weight excluding hydrogens is 496 g/mol. The zero-order chi connectivity index (χ0) is 28.1. The van der Waals surface area contributed by atoms with Crippen LogP contribution >= 0.6 is 0 Å². The lowest BCUT2D eigenvalue weighted by molar-refractivity contribution is -0.110. The quantitative estimate of drug-likeness (QED) is 0.235. The molecule has 4 aromatic carbocycles. The first-order chi connectivity index (χ1) is 19.5. The first kappa shape index (κ1) is 26.9. The van der Waals surface area contributed by atoms with Crippen molar-refractivity contribution in [2.45, 2.75) is 20.4 Å². The summed E-state index contributed by atoms with van der Waals surface area (Å²) in [5.41, 5.74) is 6.88. The lowest BCUT2D eigenvalue weighted by Crippen LogP contribution is -2.26. The largest absolute Gasteiger partial charge is 0.354 e. The molecule has 6 heteroatoms. The normalized spacial score (nSPS) is 13.6. The van der Waals surface area contributed by atoms with E-state index in [4.69, 9.17) is 0 Å². The van der Waals surface area contributed by atoms with E-state index in [2.05, 4.69) is 41.5 Å². The lowest BCUT2D eigenvalue weighted by atomic mass is 9.98. The van der Waals surface area contributed by atoms with Crippen molar-refractivity contribution < 1.29 is 9.59 Å². The van der Waals surface area contributed by atoms with Crippen LogP contribution in [0.4, 0.5) is 17.1 Å². The second-order valence-corrected chi connectivity index (χ2v) is 9.81. The molecule has 0 saturated heterocycles. The lowest BCUT2D eigenvalue weighted by Gasteiger charge is -2.19. The Labute approximate surface area is 235 Å². The van der Waals surface area contributed by atoms with Crippen LogP contribution in [-0.4, -0.2) is 36.9 Å². The molecule has 2 N–H and O–H groups in total. The molecule has 0 radical (unpaired) electrons. The Bertz CT molecular complexity index is 1530. The molecular formula is C34H34N4O2. The molecule has 0 aromatic heterocycles. The van der Waals surface area contributed by atoms with Crippen LogP contribution in [0.2, 0.25) is 0 Å². The van der Waals surface area contributed by atoms with E-state index in [-0.39, 0.29) is 11.8 Å². The van der Waals surface area contributed by atoms with Crippen molar-refractivity contribution in [3.8, 4) is 0 Å². The topological polar surface area (TPSA) is 64.7 Å². The Morgan fingerprint density at radius 1 is 0.800 bits per heavy atom. The predicted molar refractivity (Wildman–Crippen MR) is 164 cm³/mol. The number of nitrogens with zero attached hydrogens (tertiary/aromatic N) is 2. The number of para-hydroxylation sites is 1. The zero-order valence-corrected chi connectivity index (χ0v) is 23.1. The molecule has 40 heavy (non-hydrogen) atoms. The first-order valence-electron chi connectivity index (χ1n) is 13.6. The van der Waals surface area contributed by atoms with Crippen molar-refractivity contribution in [3.63, 3.8) is 0 Å². The van der Waals surface area contributed by atoms with Gasteiger partial charge in [0.25, 0.3) is 11.8 Å². The number of carbonyl (C=O) groups excluding carboxylic acids is 2. The predicted octanol–water partition coefficient (Wildman–Crippen LogP) is 6.74. The summed E-state index contributed by atoms with van der Waals surface area (Å²) in [6.45, 7) is 7.23. The van der Waals surface area contributed by atoms with Gasteiger partial charge in [-0.3, -0.25) is 14.5 Å². The van der Waals surface area contributed by atoms with Crippen LogP contribution in [-0.2, 0) is 11.3 Å². The van der Waals surface area contributed by atoms with Gasteiger partial charge < -0.3 is 15.5 Å². The van der Waals surface area contributed by atoms with Gasteiger partial charge in [0.05, 0.1) is 11.3 Å². The van der Waals surface area contributed by atoms with Gasteiger partial charge in [-0.2, -0.15) is 0 Å². The fraction of sp³-hybridized carbons (Fsp3) is 0.176. The number of nitrogens with one attached hydrogen (secondary N) is 2. The standard InChI is InChI=1S/C34H34N4O2/c1-4-38(5-2)23-24-16-19-27(20-17-24)35-32(25-12-8-6-9-13-25)31-29-22-26(18-21-30(29)36-33(31)39)34(40)37(3)28-14-10-7-11-15-28/h6-22,35H,4-5,23H2,1-3H3,(H,36,39)/b32-31-. The average Bonchev–Trinajstić information content (AvgIpc) is 3.34. The summed E-state index contributed by atoms with van der Waals surface area (Å²) < 4.78 is 0. The van der Waals surface area contributed by atoms with Gasteiger partial charge in [-0.15, -0.1) is 0 Å². The van der Waals surface area contributed by atoms with Gasteiger partial charge in [0.1, 0.15) is 0 Å². The molecule has 202 valence electrons. The molecule has 2 amide bonds. The van der Waals surface area contributed by atoms with Crippen molar-refractivity contribution in [1.82, 2.24) is 4.90 Å². The highest BCUT2D eigenvalue weighted by Gasteiger charge is 2.30. The summed E-state index contributed by atoms with van der Waals surface area (Å²) in [5.74, 6) is -0.355. The van der Waals surface area contributed by atoms with Crippen LogP contribution in [0.25, 0.3) is 11.3 Å². The van der Waals surface area contributed by atoms with Crippen LogP contribution in [0.5, 0.6) is 0 Å². The summed E-state index contributed by atoms with van der Waals surface area (Å²) in [6, 6.07) is 33.0. The van der Waals surface area contributed by atoms with Crippen molar-refractivity contribution in [2.75, 3.05) is 35.7 Å². The number of fused-ring (bicyclic) bond motifs is 1. The third-order valence-electron chi connectivity index (χ3n) is 7.30. The first-order valence-corrected chi connectivity index (χ1v) is 13.6. The van der Waals surface area contributed by atoms with E-state index >= 15 is 0 Å². The highest BCUT2D eigenvalue weighted by atomic mass is 16.2. The summed E-state index contributed by atoms with van der Waals surface area (Å²) in [5, 5.41) is 6.51. The third kappa shape index (κ3) is 5.67. The Balaban J connectivity index is 1.53. The van der Waals surface area contributed by atoms with Gasteiger partial charge in [0.2, 0.25) is 0 Å². The minimum atomic E-state index is -0.208. The molecule has 1 aliphatic rings. The number of carbonyl (C=O) groups is 2. The van der Waals surface area contributed by atoms with E-state index in [1.54, 1.807) is 24.1 Å². The Kier molecular flexibility index (Phi) is 8.08. The Morgan fingerprint density at radius 2 is 1.45 bits per heavy atom. The van der Waals surface area contributed by atoms with E-state index in [1.165, 1.54) is 5.56 Å². The second kappa shape index (κ2) is 12.0. The third-order valence-corrected chi connectivity index (χ3v) is 7.30. The molecule has 0 saturated carbocycles. The number of rotatable bonds is 9. The van der Waals surface area contributed by atoms with Gasteiger partial charge in [-0.05, 0) is 66.7 Å². The summed E-state index contributed by atoms with van der Waals surface area (Å²) in [7, 11) is 1.76. The highest BCUT2D eigenvalue weighted by molar-refractivity contribution is 6.37. The summed E-state index contributed by atoms with van der Waals surface area (Å²) in [6.07, 6.45) is 0. The van der Waals surface area contributed by atoms with Crippen LogP contribution in [0.15, 0.2) is 103 Å². The van der Waals surface area contributed by atoms with E-state index in [9.17, 15) is 9.59 Å². The average molecular weight is 531 g/mol. The van der Waals surface area contributed by atoms with Crippen LogP contribution in [0.3, 0.4) is 0 Å². The van der Waals surface area contributed by atoms with E-state index < -0.39 is 0 Å². The fourth-order valence-corrected chi connectivity index (χ4v) is 4.94. The van der Waals surface area contributed by atoms with Crippen molar-refractivity contribution in [1.29, 1.82) is 0 Å². The molecule has 0 spiro atoms. The van der Waals surface area contributed by atoms with E-state index in [0.717, 1.165) is 36.6 Å². The number of hydrogen-bond donors (Lipinski definition) is 2. The number of amides is 2. The number of benzene rings is 4. The maximum Gasteiger partial charge on any atom is 0.258 e. The molecule has 0 unspecified atom stereocenters. The summed E-state index contributed by atoms with van der Waals surface area (Å²) >= 11 is 0. The minimum Gasteiger partial charge on any atom is -0.354 e. The van der Waals surface area contributed by atoms with Gasteiger partial charge >= 0.3 is 0 Å². The van der Waals surface area contributed by atoms with Crippen LogP contribution < -0.4 is 15.5 Å². The maximum absolute atomic E-state index is 13.4. The molecule has 0 aliphatic carbocycles. The SMILES string of the molecule is CCN(CC)Cc1ccc(N/C(=C2\C(=O)Nc3ccc(C(=O)N(C)c4ccccc4)cc32)c2ccccc2)cc1. The molecule has 0 bridgehead atoms.